The molecule has 2 aromatic rings. The minimum Gasteiger partial charge on any atom is -0.309 e. The Labute approximate surface area is 107 Å². The van der Waals surface area contributed by atoms with Crippen LogP contribution in [0.5, 0.6) is 0 Å². The van der Waals surface area contributed by atoms with Crippen LogP contribution >= 0.6 is 0 Å². The van der Waals surface area contributed by atoms with Crippen molar-refractivity contribution in [2.45, 2.75) is 6.04 Å². The van der Waals surface area contributed by atoms with Crippen molar-refractivity contribution in [1.82, 2.24) is 5.32 Å². The minimum atomic E-state index is -1.52. The maximum Gasteiger partial charge on any atom is 0.194 e. The van der Waals surface area contributed by atoms with Crippen LogP contribution in [-0.2, 0) is 0 Å². The lowest BCUT2D eigenvalue weighted by Crippen LogP contribution is -2.18. The summed E-state index contributed by atoms with van der Waals surface area (Å²) in [5.74, 6) is -4.52. The summed E-state index contributed by atoms with van der Waals surface area (Å²) in [6.45, 7) is 0. The Morgan fingerprint density at radius 3 is 2.05 bits per heavy atom. The molecule has 0 saturated heterocycles. The molecule has 0 aliphatic rings. The van der Waals surface area contributed by atoms with Gasteiger partial charge in [-0.1, -0.05) is 12.1 Å². The van der Waals surface area contributed by atoms with Crippen molar-refractivity contribution in [3.05, 3.63) is 70.8 Å². The summed E-state index contributed by atoms with van der Waals surface area (Å²) >= 11 is 0. The average Bonchev–Trinajstić information content (AvgIpc) is 2.37. The average molecular weight is 269 g/mol. The van der Waals surface area contributed by atoms with Gasteiger partial charge in [-0.25, -0.2) is 17.6 Å². The fourth-order valence-electron chi connectivity index (χ4n) is 1.95. The topological polar surface area (TPSA) is 12.0 Å². The van der Waals surface area contributed by atoms with E-state index in [0.717, 1.165) is 12.1 Å². The van der Waals surface area contributed by atoms with Gasteiger partial charge in [-0.15, -0.1) is 0 Å². The molecule has 2 aromatic carbocycles. The van der Waals surface area contributed by atoms with Gasteiger partial charge in [0.25, 0.3) is 0 Å². The number of benzene rings is 2. The first-order valence-electron chi connectivity index (χ1n) is 5.60. The molecular formula is C14H11F4N. The molecule has 0 amide bonds. The molecule has 0 radical (unpaired) electrons. The van der Waals surface area contributed by atoms with E-state index in [1.165, 1.54) is 18.2 Å². The number of hydrogen-bond acceptors (Lipinski definition) is 1. The molecule has 0 bridgehead atoms. The molecule has 1 N–H and O–H groups in total. The zero-order valence-electron chi connectivity index (χ0n) is 10.1. The Bertz CT molecular complexity index is 575. The molecule has 1 nitrogen and oxygen atoms in total. The van der Waals surface area contributed by atoms with Gasteiger partial charge < -0.3 is 5.32 Å². The Kier molecular flexibility index (Phi) is 3.85. The lowest BCUT2D eigenvalue weighted by molar-refractivity contribution is 0.443. The number of nitrogens with one attached hydrogen (secondary N) is 1. The molecule has 0 aliphatic heterocycles. The van der Waals surface area contributed by atoms with E-state index in [0.29, 0.717) is 5.56 Å². The number of hydrogen-bond donors (Lipinski definition) is 1. The second-order valence-electron chi connectivity index (χ2n) is 4.08. The van der Waals surface area contributed by atoms with E-state index in [4.69, 9.17) is 0 Å². The predicted octanol–water partition coefficient (Wildman–Crippen LogP) is 3.55. The van der Waals surface area contributed by atoms with Crippen LogP contribution in [0.4, 0.5) is 17.6 Å². The van der Waals surface area contributed by atoms with Crippen LogP contribution in [-0.4, -0.2) is 7.05 Å². The Morgan fingerprint density at radius 2 is 1.53 bits per heavy atom. The fourth-order valence-corrected chi connectivity index (χ4v) is 1.95. The summed E-state index contributed by atoms with van der Waals surface area (Å²) in [5, 5.41) is 2.81. The van der Waals surface area contributed by atoms with Crippen molar-refractivity contribution < 1.29 is 17.6 Å². The third kappa shape index (κ3) is 2.76. The number of rotatable bonds is 3. The Hall–Kier alpha value is -1.88. The fraction of sp³-hybridized carbons (Fsp3) is 0.143. The first-order chi connectivity index (χ1) is 9.02. The van der Waals surface area contributed by atoms with Gasteiger partial charge in [0, 0.05) is 0 Å². The summed E-state index contributed by atoms with van der Waals surface area (Å²) in [6, 6.07) is 6.78. The predicted molar refractivity (Wildman–Crippen MR) is 63.6 cm³/mol. The first kappa shape index (κ1) is 13.5. The molecule has 100 valence electrons. The lowest BCUT2D eigenvalue weighted by atomic mass is 9.98. The monoisotopic (exact) mass is 269 g/mol. The molecule has 1 unspecified atom stereocenters. The summed E-state index contributed by atoms with van der Waals surface area (Å²) in [7, 11) is 1.56. The second-order valence-corrected chi connectivity index (χ2v) is 4.08. The molecule has 2 rings (SSSR count). The van der Waals surface area contributed by atoms with E-state index in [9.17, 15) is 17.6 Å². The van der Waals surface area contributed by atoms with E-state index in [1.807, 2.05) is 0 Å². The van der Waals surface area contributed by atoms with Gasteiger partial charge in [0.15, 0.2) is 17.5 Å². The van der Waals surface area contributed by atoms with Gasteiger partial charge >= 0.3 is 0 Å². The lowest BCUT2D eigenvalue weighted by Gasteiger charge is -2.17. The SMILES string of the molecule is CNC(c1cccc(F)c1)c1cc(F)c(F)c(F)c1. The molecular weight excluding hydrogens is 258 g/mol. The molecule has 0 fully saturated rings. The standard InChI is InChI=1S/C14H11F4N/c1-19-14(8-3-2-4-10(15)5-8)9-6-11(16)13(18)12(17)7-9/h2-7,14,19H,1H3. The quantitative estimate of drug-likeness (QED) is 0.663. The number of halogens is 4. The van der Waals surface area contributed by atoms with E-state index >= 15 is 0 Å². The highest BCUT2D eigenvalue weighted by molar-refractivity contribution is 5.33. The zero-order chi connectivity index (χ0) is 14.0. The van der Waals surface area contributed by atoms with Gasteiger partial charge in [-0.3, -0.25) is 0 Å². The Balaban J connectivity index is 2.48. The van der Waals surface area contributed by atoms with Crippen molar-refractivity contribution in [3.63, 3.8) is 0 Å². The van der Waals surface area contributed by atoms with Crippen molar-refractivity contribution in [2.24, 2.45) is 0 Å². The van der Waals surface area contributed by atoms with Gasteiger partial charge in [-0.05, 0) is 42.4 Å². The summed E-state index contributed by atoms with van der Waals surface area (Å²) in [5.41, 5.74) is 0.678. The maximum absolute atomic E-state index is 13.2. The van der Waals surface area contributed by atoms with Crippen molar-refractivity contribution in [3.8, 4) is 0 Å². The van der Waals surface area contributed by atoms with Crippen LogP contribution in [0.1, 0.15) is 17.2 Å². The summed E-state index contributed by atoms with van der Waals surface area (Å²) in [6.07, 6.45) is 0. The van der Waals surface area contributed by atoms with Crippen molar-refractivity contribution in [2.75, 3.05) is 7.05 Å². The minimum absolute atomic E-state index is 0.185. The van der Waals surface area contributed by atoms with Gasteiger partial charge in [-0.2, -0.15) is 0 Å². The van der Waals surface area contributed by atoms with E-state index in [2.05, 4.69) is 5.32 Å². The highest BCUT2D eigenvalue weighted by atomic mass is 19.2. The van der Waals surface area contributed by atoms with E-state index in [1.54, 1.807) is 13.1 Å². The summed E-state index contributed by atoms with van der Waals surface area (Å²) in [4.78, 5) is 0. The van der Waals surface area contributed by atoms with Crippen LogP contribution < -0.4 is 5.32 Å². The van der Waals surface area contributed by atoms with Gasteiger partial charge in [0.1, 0.15) is 5.82 Å². The van der Waals surface area contributed by atoms with Gasteiger partial charge in [0.05, 0.1) is 6.04 Å². The molecule has 0 aromatic heterocycles. The third-order valence-corrected chi connectivity index (χ3v) is 2.81. The second kappa shape index (κ2) is 5.40. The van der Waals surface area contributed by atoms with Gasteiger partial charge in [0.2, 0.25) is 0 Å². The van der Waals surface area contributed by atoms with E-state index < -0.39 is 29.3 Å². The Morgan fingerprint density at radius 1 is 0.895 bits per heavy atom. The normalized spacial score (nSPS) is 12.5. The van der Waals surface area contributed by atoms with Crippen molar-refractivity contribution >= 4 is 0 Å². The largest absolute Gasteiger partial charge is 0.309 e. The summed E-state index contributed by atoms with van der Waals surface area (Å²) < 4.78 is 52.5. The third-order valence-electron chi connectivity index (χ3n) is 2.81. The van der Waals surface area contributed by atoms with Crippen LogP contribution in [0, 0.1) is 23.3 Å². The van der Waals surface area contributed by atoms with Crippen molar-refractivity contribution in [1.29, 1.82) is 0 Å². The van der Waals surface area contributed by atoms with Crippen LogP contribution in [0.25, 0.3) is 0 Å². The molecule has 0 spiro atoms. The van der Waals surface area contributed by atoms with Crippen LogP contribution in [0.2, 0.25) is 0 Å². The van der Waals surface area contributed by atoms with Crippen LogP contribution in [0.15, 0.2) is 36.4 Å². The highest BCUT2D eigenvalue weighted by Gasteiger charge is 2.18. The molecule has 19 heavy (non-hydrogen) atoms. The van der Waals surface area contributed by atoms with E-state index in [-0.39, 0.29) is 5.56 Å². The van der Waals surface area contributed by atoms with Crippen LogP contribution in [0.3, 0.4) is 0 Å². The first-order valence-corrected chi connectivity index (χ1v) is 5.60. The molecule has 1 atom stereocenters. The molecule has 0 saturated carbocycles. The molecule has 5 heteroatoms. The zero-order valence-corrected chi connectivity index (χ0v) is 10.1. The smallest absolute Gasteiger partial charge is 0.194 e. The molecule has 0 heterocycles. The maximum atomic E-state index is 13.2. The highest BCUT2D eigenvalue weighted by Crippen LogP contribution is 2.25. The molecule has 0 aliphatic carbocycles.